The zero-order chi connectivity index (χ0) is 27.2. The normalized spacial score (nSPS) is 36.9. The third-order valence-electron chi connectivity index (χ3n) is 11.5. The van der Waals surface area contributed by atoms with Crippen molar-refractivity contribution >= 4 is 14.3 Å². The van der Waals surface area contributed by atoms with Crippen molar-refractivity contribution in [2.24, 2.45) is 34.5 Å². The number of hydrogen-bond acceptors (Lipinski definition) is 4. The monoisotopic (exact) mass is 528 g/mol. The number of rotatable bonds is 7. The minimum atomic E-state index is -1.90. The molecule has 0 aliphatic heterocycles. The molecule has 7 atom stereocenters. The molecule has 1 aromatic heterocycles. The summed E-state index contributed by atoms with van der Waals surface area (Å²) in [5.41, 5.74) is 1.84. The molecule has 3 fully saturated rings. The number of fused-ring (bicyclic) bond motifs is 1. The number of allylic oxidation sites excluding steroid dienone is 1. The van der Waals surface area contributed by atoms with Gasteiger partial charge >= 0.3 is 5.97 Å². The van der Waals surface area contributed by atoms with Crippen LogP contribution in [0.5, 0.6) is 0 Å². The lowest BCUT2D eigenvalue weighted by molar-refractivity contribution is -0.155. The van der Waals surface area contributed by atoms with Crippen molar-refractivity contribution in [1.82, 2.24) is 9.78 Å². The summed E-state index contributed by atoms with van der Waals surface area (Å²) in [6, 6.07) is 2.05. The van der Waals surface area contributed by atoms with E-state index < -0.39 is 8.32 Å². The van der Waals surface area contributed by atoms with Gasteiger partial charge in [-0.2, -0.15) is 5.10 Å². The average molecular weight is 529 g/mol. The van der Waals surface area contributed by atoms with E-state index in [-0.39, 0.29) is 27.9 Å². The molecule has 1 heterocycles. The molecule has 3 saturated carbocycles. The van der Waals surface area contributed by atoms with Gasteiger partial charge in [-0.25, -0.2) is 0 Å². The molecule has 0 spiro atoms. The smallest absolute Gasteiger partial charge is 0.302 e. The molecular weight excluding hydrogens is 476 g/mol. The fourth-order valence-corrected chi connectivity index (χ4v) is 8.94. The molecule has 0 radical (unpaired) electrons. The van der Waals surface area contributed by atoms with E-state index in [1.54, 1.807) is 6.92 Å². The Kier molecular flexibility index (Phi) is 7.96. The molecule has 1 aromatic rings. The summed E-state index contributed by atoms with van der Waals surface area (Å²) in [4.78, 5) is 11.9. The molecule has 0 aromatic carbocycles. The summed E-state index contributed by atoms with van der Waals surface area (Å²) in [6.07, 6.45) is 11.8. The molecule has 0 bridgehead atoms. The lowest BCUT2D eigenvalue weighted by Gasteiger charge is -2.57. The number of esters is 1. The van der Waals surface area contributed by atoms with E-state index in [0.717, 1.165) is 38.8 Å². The van der Waals surface area contributed by atoms with E-state index >= 15 is 0 Å². The molecule has 3 aliphatic carbocycles. The van der Waals surface area contributed by atoms with E-state index in [2.05, 4.69) is 70.3 Å². The van der Waals surface area contributed by atoms with E-state index in [4.69, 9.17) is 9.16 Å². The molecule has 5 nitrogen and oxygen atoms in total. The predicted molar refractivity (Wildman–Crippen MR) is 153 cm³/mol. The van der Waals surface area contributed by atoms with Crippen molar-refractivity contribution in [2.45, 2.75) is 117 Å². The van der Waals surface area contributed by atoms with Crippen molar-refractivity contribution in [3.63, 3.8) is 0 Å². The Bertz CT molecular complexity index is 968. The SMILES string of the molecule is C=C1CC[C@H]2[C@H](Cn3cccn3)[C@@H]([C@@]3(C)CC[C@H](OC(C)=O)C[C@@H]3CO[Si](C)(C)C(C)(C)C)CC[C@]12C. The van der Waals surface area contributed by atoms with E-state index in [1.807, 2.05) is 12.3 Å². The Morgan fingerprint density at radius 3 is 2.54 bits per heavy atom. The third-order valence-corrected chi connectivity index (χ3v) is 16.0. The lowest BCUT2D eigenvalue weighted by Crippen LogP contribution is -2.53. The number of ether oxygens (including phenoxy) is 1. The zero-order valence-corrected chi connectivity index (χ0v) is 25.8. The van der Waals surface area contributed by atoms with Gasteiger partial charge in [-0.05, 0) is 104 Å². The Hall–Kier alpha value is -1.40. The van der Waals surface area contributed by atoms with Crippen LogP contribution >= 0.6 is 0 Å². The summed E-state index contributed by atoms with van der Waals surface area (Å²) in [5.74, 6) is 2.01. The standard InChI is InChI=1S/C31H52N2O3Si/c1-22-11-12-27-26(20-33-18-10-17-32-33)28(14-16-30(22,27)6)31(7)15-13-25(36-23(2)34)19-24(31)21-35-37(8,9)29(3,4)5/h10,17-18,24-28H,1,11-16,19-21H2,2-9H3/t24-,25+,26+,27+,28+,30-,31+/m1/s1. The van der Waals surface area contributed by atoms with Crippen molar-refractivity contribution in [1.29, 1.82) is 0 Å². The third kappa shape index (κ3) is 5.52. The van der Waals surface area contributed by atoms with Crippen molar-refractivity contribution in [3.8, 4) is 0 Å². The Labute approximate surface area is 226 Å². The Morgan fingerprint density at radius 1 is 1.19 bits per heavy atom. The van der Waals surface area contributed by atoms with Crippen LogP contribution in [0.25, 0.3) is 0 Å². The minimum absolute atomic E-state index is 0.00303. The molecule has 0 saturated heterocycles. The highest BCUT2D eigenvalue weighted by molar-refractivity contribution is 6.74. The summed E-state index contributed by atoms with van der Waals surface area (Å²) >= 11 is 0. The van der Waals surface area contributed by atoms with Crippen LogP contribution in [-0.4, -0.2) is 36.8 Å². The highest BCUT2D eigenvalue weighted by atomic mass is 28.4. The molecule has 0 amide bonds. The van der Waals surface area contributed by atoms with Crippen molar-refractivity contribution in [3.05, 3.63) is 30.6 Å². The topological polar surface area (TPSA) is 53.4 Å². The second-order valence-electron chi connectivity index (χ2n) is 14.5. The maximum atomic E-state index is 11.9. The van der Waals surface area contributed by atoms with Crippen LogP contribution < -0.4 is 0 Å². The van der Waals surface area contributed by atoms with Crippen LogP contribution in [0, 0.1) is 34.5 Å². The van der Waals surface area contributed by atoms with Crippen molar-refractivity contribution in [2.75, 3.05) is 6.61 Å². The zero-order valence-electron chi connectivity index (χ0n) is 24.8. The van der Waals surface area contributed by atoms with Gasteiger partial charge in [0.05, 0.1) is 0 Å². The summed E-state index contributed by atoms with van der Waals surface area (Å²) in [6.45, 7) is 24.5. The molecule has 0 unspecified atom stereocenters. The number of aromatic nitrogens is 2. The maximum Gasteiger partial charge on any atom is 0.302 e. The van der Waals surface area contributed by atoms with Crippen LogP contribution in [0.2, 0.25) is 18.1 Å². The molecule has 3 aliphatic rings. The van der Waals surface area contributed by atoms with Gasteiger partial charge in [-0.1, -0.05) is 46.8 Å². The first kappa shape index (κ1) is 28.6. The van der Waals surface area contributed by atoms with E-state index in [0.29, 0.717) is 23.7 Å². The second-order valence-corrected chi connectivity index (χ2v) is 19.3. The lowest BCUT2D eigenvalue weighted by atomic mass is 9.49. The molecule has 208 valence electrons. The van der Waals surface area contributed by atoms with Crippen LogP contribution in [0.4, 0.5) is 0 Å². The first-order chi connectivity index (χ1) is 17.2. The fourth-order valence-electron chi connectivity index (χ4n) is 7.89. The first-order valence-electron chi connectivity index (χ1n) is 14.6. The highest BCUT2D eigenvalue weighted by Crippen LogP contribution is 2.64. The Morgan fingerprint density at radius 2 is 1.92 bits per heavy atom. The summed E-state index contributed by atoms with van der Waals surface area (Å²) in [7, 11) is -1.90. The highest BCUT2D eigenvalue weighted by Gasteiger charge is 2.57. The number of carbonyl (C=O) groups excluding carboxylic acids is 1. The van der Waals surface area contributed by atoms with Gasteiger partial charge in [0, 0.05) is 32.5 Å². The number of hydrogen-bond donors (Lipinski definition) is 0. The number of carbonyl (C=O) groups is 1. The quantitative estimate of drug-likeness (QED) is 0.207. The predicted octanol–water partition coefficient (Wildman–Crippen LogP) is 7.64. The summed E-state index contributed by atoms with van der Waals surface area (Å²) < 4.78 is 14.9. The van der Waals surface area contributed by atoms with Gasteiger partial charge in [-0.15, -0.1) is 0 Å². The largest absolute Gasteiger partial charge is 0.463 e. The molecule has 6 heteroatoms. The van der Waals surface area contributed by atoms with Crippen LogP contribution in [0.15, 0.2) is 30.6 Å². The molecule has 37 heavy (non-hydrogen) atoms. The van der Waals surface area contributed by atoms with Gasteiger partial charge in [0.2, 0.25) is 0 Å². The van der Waals surface area contributed by atoms with Gasteiger partial charge < -0.3 is 9.16 Å². The van der Waals surface area contributed by atoms with E-state index in [1.165, 1.54) is 24.8 Å². The van der Waals surface area contributed by atoms with Gasteiger partial charge in [0.15, 0.2) is 8.32 Å². The Balaban J connectivity index is 1.66. The van der Waals surface area contributed by atoms with Crippen LogP contribution in [0.3, 0.4) is 0 Å². The van der Waals surface area contributed by atoms with Gasteiger partial charge in [0.1, 0.15) is 6.10 Å². The second kappa shape index (κ2) is 10.3. The van der Waals surface area contributed by atoms with Gasteiger partial charge in [-0.3, -0.25) is 9.48 Å². The van der Waals surface area contributed by atoms with Crippen LogP contribution in [0.1, 0.15) is 86.5 Å². The first-order valence-corrected chi connectivity index (χ1v) is 17.5. The van der Waals surface area contributed by atoms with E-state index in [9.17, 15) is 4.79 Å². The minimum Gasteiger partial charge on any atom is -0.463 e. The molecule has 0 N–H and O–H groups in total. The van der Waals surface area contributed by atoms with Crippen LogP contribution in [-0.2, 0) is 20.5 Å². The fraction of sp³-hybridized carbons (Fsp3) is 0.806. The molecular formula is C31H52N2O3Si. The van der Waals surface area contributed by atoms with Gasteiger partial charge in [0.25, 0.3) is 0 Å². The molecule has 4 rings (SSSR count). The van der Waals surface area contributed by atoms with Crippen molar-refractivity contribution < 1.29 is 14.0 Å². The maximum absolute atomic E-state index is 11.9. The average Bonchev–Trinajstić information content (AvgIpc) is 3.41. The number of nitrogens with zero attached hydrogens (tertiary/aromatic N) is 2. The summed E-state index contributed by atoms with van der Waals surface area (Å²) in [5, 5.41) is 4.82.